The van der Waals surface area contributed by atoms with Crippen LogP contribution in [-0.4, -0.2) is 11.7 Å². The minimum Gasteiger partial charge on any atom is -0.443 e. The van der Waals surface area contributed by atoms with Gasteiger partial charge in [0.1, 0.15) is 5.60 Å². The topological polar surface area (TPSA) is 50.4 Å². The van der Waals surface area contributed by atoms with Gasteiger partial charge in [0, 0.05) is 5.70 Å². The average Bonchev–Trinajstić information content (AvgIpc) is 2.23. The summed E-state index contributed by atoms with van der Waals surface area (Å²) in [4.78, 5) is 11.5. The van der Waals surface area contributed by atoms with Crippen LogP contribution in [0.2, 0.25) is 0 Å². The van der Waals surface area contributed by atoms with Gasteiger partial charge in [0.2, 0.25) is 0 Å². The first-order valence-electron chi connectivity index (χ1n) is 7.02. The number of carbonyl (C=O) groups excluding carboxylic acids is 1. The van der Waals surface area contributed by atoms with Gasteiger partial charge < -0.3 is 10.2 Å². The molecule has 0 bridgehead atoms. The molecule has 2 N–H and O–H groups in total. The van der Waals surface area contributed by atoms with Crippen molar-refractivity contribution in [2.24, 2.45) is 11.3 Å². The van der Waals surface area contributed by atoms with Gasteiger partial charge in [-0.15, -0.1) is 0 Å². The van der Waals surface area contributed by atoms with Crippen LogP contribution in [-0.2, 0) is 4.74 Å². The Kier molecular flexibility index (Phi) is 4.88. The molecule has 19 heavy (non-hydrogen) atoms. The van der Waals surface area contributed by atoms with E-state index in [1.54, 1.807) is 0 Å². The van der Waals surface area contributed by atoms with E-state index in [-0.39, 0.29) is 0 Å². The molecule has 0 radical (unpaired) electrons. The van der Waals surface area contributed by atoms with Gasteiger partial charge in [0.05, 0.1) is 0 Å². The third-order valence-corrected chi connectivity index (χ3v) is 3.36. The van der Waals surface area contributed by atoms with Crippen molar-refractivity contribution in [2.75, 3.05) is 0 Å². The highest BCUT2D eigenvalue weighted by atomic mass is 16.6. The number of carbonyl (C=O) groups is 1. The Balaban J connectivity index is 2.36. The standard InChI is InChI=1S/C15H28N2O2/c1-14(2,3)11-7-9-12(10-8-11)16-17-13(18)19-15(4,5)6/h9,11,16H,7-8,10H2,1-6H3,(H,17,18). The van der Waals surface area contributed by atoms with Crippen LogP contribution in [0, 0.1) is 11.3 Å². The van der Waals surface area contributed by atoms with Crippen molar-refractivity contribution in [2.45, 2.75) is 66.4 Å². The van der Waals surface area contributed by atoms with E-state index in [2.05, 4.69) is 37.7 Å². The van der Waals surface area contributed by atoms with Crippen molar-refractivity contribution >= 4 is 6.09 Å². The number of ether oxygens (including phenoxy) is 1. The molecule has 4 nitrogen and oxygen atoms in total. The Morgan fingerprint density at radius 3 is 2.32 bits per heavy atom. The first-order valence-corrected chi connectivity index (χ1v) is 7.02. The van der Waals surface area contributed by atoms with E-state index in [1.165, 1.54) is 0 Å². The predicted molar refractivity (Wildman–Crippen MR) is 77.4 cm³/mol. The van der Waals surface area contributed by atoms with Crippen LogP contribution in [0.15, 0.2) is 11.8 Å². The lowest BCUT2D eigenvalue weighted by Gasteiger charge is -2.33. The van der Waals surface area contributed by atoms with Crippen molar-refractivity contribution in [3.8, 4) is 0 Å². The van der Waals surface area contributed by atoms with Crippen LogP contribution in [0.1, 0.15) is 60.8 Å². The number of hydrogen-bond acceptors (Lipinski definition) is 3. The Bertz CT molecular complexity index is 348. The zero-order valence-electron chi connectivity index (χ0n) is 13.1. The van der Waals surface area contributed by atoms with Crippen molar-refractivity contribution < 1.29 is 9.53 Å². The van der Waals surface area contributed by atoms with E-state index >= 15 is 0 Å². The van der Waals surface area contributed by atoms with Gasteiger partial charge in [0.15, 0.2) is 0 Å². The maximum Gasteiger partial charge on any atom is 0.426 e. The van der Waals surface area contributed by atoms with Crippen molar-refractivity contribution in [1.82, 2.24) is 10.9 Å². The van der Waals surface area contributed by atoms with Gasteiger partial charge in [-0.05, 0) is 51.4 Å². The highest BCUT2D eigenvalue weighted by Crippen LogP contribution is 2.36. The molecular weight excluding hydrogens is 240 g/mol. The lowest BCUT2D eigenvalue weighted by Crippen LogP contribution is -2.41. The predicted octanol–water partition coefficient (Wildman–Crippen LogP) is 3.75. The normalized spacial score (nSPS) is 20.5. The van der Waals surface area contributed by atoms with Gasteiger partial charge in [-0.3, -0.25) is 0 Å². The Morgan fingerprint density at radius 1 is 1.26 bits per heavy atom. The quantitative estimate of drug-likeness (QED) is 0.750. The summed E-state index contributed by atoms with van der Waals surface area (Å²) in [6, 6.07) is 0. The highest BCUT2D eigenvalue weighted by Gasteiger charge is 2.26. The monoisotopic (exact) mass is 268 g/mol. The Hall–Kier alpha value is -1.19. The molecule has 4 heteroatoms. The zero-order chi connectivity index (χ0) is 14.7. The average molecular weight is 268 g/mol. The van der Waals surface area contributed by atoms with E-state index in [9.17, 15) is 4.79 Å². The Labute approximate surface area is 116 Å². The largest absolute Gasteiger partial charge is 0.443 e. The van der Waals surface area contributed by atoms with Crippen molar-refractivity contribution in [3.63, 3.8) is 0 Å². The van der Waals surface area contributed by atoms with Gasteiger partial charge >= 0.3 is 6.09 Å². The third kappa shape index (κ3) is 5.99. The molecule has 0 aromatic rings. The van der Waals surface area contributed by atoms with Gasteiger partial charge in [-0.25, -0.2) is 10.2 Å². The molecule has 0 aromatic heterocycles. The molecule has 1 unspecified atom stereocenters. The molecule has 0 saturated heterocycles. The van der Waals surface area contributed by atoms with Gasteiger partial charge in [-0.2, -0.15) is 0 Å². The second-order valence-electron chi connectivity index (χ2n) is 7.32. The number of nitrogens with one attached hydrogen (secondary N) is 2. The highest BCUT2D eigenvalue weighted by molar-refractivity contribution is 5.67. The third-order valence-electron chi connectivity index (χ3n) is 3.36. The van der Waals surface area contributed by atoms with E-state index in [4.69, 9.17) is 4.74 Å². The molecule has 0 heterocycles. The summed E-state index contributed by atoms with van der Waals surface area (Å²) in [6.07, 6.45) is 4.92. The SMILES string of the molecule is CC(C)(C)OC(=O)NNC1=CCC(C(C)(C)C)CC1. The molecule has 0 fully saturated rings. The number of hydrazine groups is 1. The van der Waals surface area contributed by atoms with Gasteiger partial charge in [-0.1, -0.05) is 26.8 Å². The van der Waals surface area contributed by atoms with Crippen LogP contribution in [0.3, 0.4) is 0 Å². The molecule has 0 aromatic carbocycles. The molecule has 110 valence electrons. The molecule has 0 saturated carbocycles. The first kappa shape index (κ1) is 15.9. The maximum atomic E-state index is 11.5. The summed E-state index contributed by atoms with van der Waals surface area (Å²) in [5, 5.41) is 0. The summed E-state index contributed by atoms with van der Waals surface area (Å²) in [6.45, 7) is 12.4. The van der Waals surface area contributed by atoms with Crippen LogP contribution >= 0.6 is 0 Å². The molecule has 1 aliphatic rings. The molecule has 0 spiro atoms. The molecule has 1 amide bonds. The Morgan fingerprint density at radius 2 is 1.89 bits per heavy atom. The number of allylic oxidation sites excluding steroid dienone is 2. The molecule has 1 aliphatic carbocycles. The van der Waals surface area contributed by atoms with Crippen molar-refractivity contribution in [3.05, 3.63) is 11.8 Å². The summed E-state index contributed by atoms with van der Waals surface area (Å²) in [5.74, 6) is 0.708. The summed E-state index contributed by atoms with van der Waals surface area (Å²) < 4.78 is 5.16. The summed E-state index contributed by atoms with van der Waals surface area (Å²) in [5.41, 5.74) is 6.49. The maximum absolute atomic E-state index is 11.5. The fraction of sp³-hybridized carbons (Fsp3) is 0.800. The number of rotatable bonds is 2. The fourth-order valence-electron chi connectivity index (χ4n) is 2.17. The second-order valence-corrected chi connectivity index (χ2v) is 7.32. The summed E-state index contributed by atoms with van der Waals surface area (Å²) in [7, 11) is 0. The van der Waals surface area contributed by atoms with Crippen LogP contribution < -0.4 is 10.9 Å². The van der Waals surface area contributed by atoms with E-state index in [0.717, 1.165) is 25.0 Å². The molecule has 1 rings (SSSR count). The number of amides is 1. The lowest BCUT2D eigenvalue weighted by atomic mass is 9.74. The molecular formula is C15H28N2O2. The van der Waals surface area contributed by atoms with E-state index in [1.807, 2.05) is 20.8 Å². The van der Waals surface area contributed by atoms with E-state index < -0.39 is 11.7 Å². The molecule has 0 aliphatic heterocycles. The second kappa shape index (κ2) is 5.85. The number of hydrogen-bond donors (Lipinski definition) is 2. The first-order chi connectivity index (χ1) is 8.58. The fourth-order valence-corrected chi connectivity index (χ4v) is 2.17. The minimum atomic E-state index is -0.468. The van der Waals surface area contributed by atoms with Crippen molar-refractivity contribution in [1.29, 1.82) is 0 Å². The lowest BCUT2D eigenvalue weighted by molar-refractivity contribution is 0.0504. The summed E-state index contributed by atoms with van der Waals surface area (Å²) >= 11 is 0. The van der Waals surface area contributed by atoms with Gasteiger partial charge in [0.25, 0.3) is 0 Å². The minimum absolute atomic E-state index is 0.348. The van der Waals surface area contributed by atoms with E-state index in [0.29, 0.717) is 11.3 Å². The molecule has 1 atom stereocenters. The zero-order valence-corrected chi connectivity index (χ0v) is 13.1. The van der Waals surface area contributed by atoms with Crippen LogP contribution in [0.5, 0.6) is 0 Å². The van der Waals surface area contributed by atoms with Crippen LogP contribution in [0.25, 0.3) is 0 Å². The van der Waals surface area contributed by atoms with Crippen LogP contribution in [0.4, 0.5) is 4.79 Å². The smallest absolute Gasteiger partial charge is 0.426 e.